The van der Waals surface area contributed by atoms with Gasteiger partial charge < -0.3 is 4.74 Å². The fourth-order valence-corrected chi connectivity index (χ4v) is 1.67. The van der Waals surface area contributed by atoms with Crippen LogP contribution in [0.15, 0.2) is 24.3 Å². The van der Waals surface area contributed by atoms with E-state index < -0.39 is 0 Å². The summed E-state index contributed by atoms with van der Waals surface area (Å²) in [5.74, 6) is 0.485. The van der Waals surface area contributed by atoms with E-state index in [0.717, 1.165) is 6.42 Å². The molecule has 1 aliphatic heterocycles. The minimum atomic E-state index is 0.473. The smallest absolute Gasteiger partial charge is 0.0942 e. The molecule has 0 aromatic heterocycles. The molecular formula is C9H12O. The maximum Gasteiger partial charge on any atom is 0.0942 e. The quantitative estimate of drug-likeness (QED) is 0.396. The highest BCUT2D eigenvalue weighted by Gasteiger charge is 2.45. The second kappa shape index (κ2) is 1.96. The van der Waals surface area contributed by atoms with Crippen LogP contribution in [0.1, 0.15) is 13.3 Å². The predicted molar refractivity (Wildman–Crippen MR) is 40.7 cm³/mol. The highest BCUT2D eigenvalue weighted by molar-refractivity contribution is 5.20. The van der Waals surface area contributed by atoms with Gasteiger partial charge in [-0.2, -0.15) is 0 Å². The van der Waals surface area contributed by atoms with Crippen molar-refractivity contribution in [1.29, 1.82) is 0 Å². The number of fused-ring (bicyclic) bond motifs is 1. The summed E-state index contributed by atoms with van der Waals surface area (Å²) in [6, 6.07) is 0. The first-order chi connectivity index (χ1) is 4.81. The first kappa shape index (κ1) is 6.17. The van der Waals surface area contributed by atoms with Crippen LogP contribution in [-0.4, -0.2) is 12.2 Å². The van der Waals surface area contributed by atoms with Gasteiger partial charge in [0.25, 0.3) is 0 Å². The molecule has 2 rings (SSSR count). The minimum absolute atomic E-state index is 0.473. The maximum atomic E-state index is 5.43. The van der Waals surface area contributed by atoms with Gasteiger partial charge >= 0.3 is 0 Å². The van der Waals surface area contributed by atoms with Crippen molar-refractivity contribution in [3.8, 4) is 0 Å². The lowest BCUT2D eigenvalue weighted by molar-refractivity contribution is 0.360. The summed E-state index contributed by atoms with van der Waals surface area (Å²) in [6.45, 7) is 5.93. The monoisotopic (exact) mass is 136 g/mol. The van der Waals surface area contributed by atoms with Gasteiger partial charge in [0, 0.05) is 5.92 Å². The number of ether oxygens (including phenoxy) is 1. The Morgan fingerprint density at radius 1 is 1.80 bits per heavy atom. The summed E-state index contributed by atoms with van der Waals surface area (Å²) in [7, 11) is 0. The zero-order chi connectivity index (χ0) is 7.14. The number of hydrogen-bond acceptors (Lipinski definition) is 1. The molecule has 1 fully saturated rings. The molecule has 1 heteroatoms. The average molecular weight is 136 g/mol. The van der Waals surface area contributed by atoms with Crippen LogP contribution in [0.4, 0.5) is 0 Å². The summed E-state index contributed by atoms with van der Waals surface area (Å²) in [6.07, 6.45) is 6.37. The molecule has 1 aliphatic carbocycles. The van der Waals surface area contributed by atoms with Crippen molar-refractivity contribution in [2.24, 2.45) is 5.92 Å². The highest BCUT2D eigenvalue weighted by Crippen LogP contribution is 2.39. The van der Waals surface area contributed by atoms with Gasteiger partial charge in [-0.05, 0) is 13.3 Å². The van der Waals surface area contributed by atoms with Gasteiger partial charge in [-0.15, -0.1) is 6.58 Å². The maximum absolute atomic E-state index is 5.43. The third-order valence-electron chi connectivity index (χ3n) is 2.27. The van der Waals surface area contributed by atoms with Crippen LogP contribution in [0.3, 0.4) is 0 Å². The Morgan fingerprint density at radius 3 is 3.30 bits per heavy atom. The van der Waals surface area contributed by atoms with Gasteiger partial charge in [-0.3, -0.25) is 0 Å². The predicted octanol–water partition coefficient (Wildman–Crippen LogP) is 1.91. The van der Waals surface area contributed by atoms with Gasteiger partial charge in [0.2, 0.25) is 0 Å². The average Bonchev–Trinajstić information content (AvgIpc) is 2.64. The molecule has 0 N–H and O–H groups in total. The van der Waals surface area contributed by atoms with E-state index in [1.54, 1.807) is 0 Å². The Kier molecular flexibility index (Phi) is 1.21. The topological polar surface area (TPSA) is 12.5 Å². The summed E-state index contributed by atoms with van der Waals surface area (Å²) in [5.41, 5.74) is 1.45. The summed E-state index contributed by atoms with van der Waals surface area (Å²) < 4.78 is 5.43. The molecule has 1 saturated heterocycles. The van der Waals surface area contributed by atoms with E-state index in [4.69, 9.17) is 4.74 Å². The van der Waals surface area contributed by atoms with E-state index in [2.05, 4.69) is 19.6 Å². The van der Waals surface area contributed by atoms with Crippen molar-refractivity contribution in [3.63, 3.8) is 0 Å². The number of rotatable bonds is 1. The Bertz CT molecular complexity index is 193. The van der Waals surface area contributed by atoms with E-state index in [-0.39, 0.29) is 0 Å². The van der Waals surface area contributed by atoms with Gasteiger partial charge in [-0.1, -0.05) is 17.7 Å². The van der Waals surface area contributed by atoms with Gasteiger partial charge in [-0.25, -0.2) is 0 Å². The second-order valence-corrected chi connectivity index (χ2v) is 3.17. The summed E-state index contributed by atoms with van der Waals surface area (Å²) in [4.78, 5) is 0. The van der Waals surface area contributed by atoms with Crippen molar-refractivity contribution in [2.75, 3.05) is 0 Å². The Morgan fingerprint density at radius 2 is 2.60 bits per heavy atom. The Balaban J connectivity index is 2.18. The van der Waals surface area contributed by atoms with E-state index in [9.17, 15) is 0 Å². The van der Waals surface area contributed by atoms with Crippen LogP contribution in [0, 0.1) is 5.92 Å². The molecule has 1 heterocycles. The molecule has 0 amide bonds. The van der Waals surface area contributed by atoms with Crippen molar-refractivity contribution < 1.29 is 4.74 Å². The first-order valence-corrected chi connectivity index (χ1v) is 3.76. The van der Waals surface area contributed by atoms with Crippen molar-refractivity contribution in [2.45, 2.75) is 25.6 Å². The van der Waals surface area contributed by atoms with Crippen LogP contribution in [-0.2, 0) is 4.74 Å². The summed E-state index contributed by atoms with van der Waals surface area (Å²) in [5, 5.41) is 0. The molecule has 0 aromatic carbocycles. The Labute approximate surface area is 61.4 Å². The lowest BCUT2D eigenvalue weighted by atomic mass is 9.91. The van der Waals surface area contributed by atoms with Crippen molar-refractivity contribution in [3.05, 3.63) is 24.3 Å². The van der Waals surface area contributed by atoms with Gasteiger partial charge in [0.05, 0.1) is 12.2 Å². The molecule has 0 bridgehead atoms. The van der Waals surface area contributed by atoms with Crippen LogP contribution in [0.2, 0.25) is 0 Å². The van der Waals surface area contributed by atoms with Crippen LogP contribution < -0.4 is 0 Å². The van der Waals surface area contributed by atoms with Gasteiger partial charge in [0.1, 0.15) is 0 Å². The van der Waals surface area contributed by atoms with Crippen LogP contribution in [0.25, 0.3) is 0 Å². The van der Waals surface area contributed by atoms with E-state index in [0.29, 0.717) is 18.1 Å². The fraction of sp³-hybridized carbons (Fsp3) is 0.556. The molecule has 2 aliphatic rings. The number of epoxide rings is 1. The lowest BCUT2D eigenvalue weighted by Crippen LogP contribution is -2.11. The largest absolute Gasteiger partial charge is 0.368 e. The summed E-state index contributed by atoms with van der Waals surface area (Å²) >= 11 is 0. The van der Waals surface area contributed by atoms with E-state index in [1.165, 1.54) is 5.57 Å². The molecule has 3 atom stereocenters. The molecule has 0 radical (unpaired) electrons. The highest BCUT2D eigenvalue weighted by atomic mass is 16.6. The first-order valence-electron chi connectivity index (χ1n) is 3.76. The zero-order valence-corrected chi connectivity index (χ0v) is 6.21. The van der Waals surface area contributed by atoms with E-state index in [1.807, 2.05) is 6.08 Å². The molecule has 0 saturated carbocycles. The van der Waals surface area contributed by atoms with Gasteiger partial charge in [0.15, 0.2) is 0 Å². The molecule has 1 nitrogen and oxygen atoms in total. The molecule has 10 heavy (non-hydrogen) atoms. The second-order valence-electron chi connectivity index (χ2n) is 3.17. The Hall–Kier alpha value is -0.560. The third kappa shape index (κ3) is 0.816. The molecule has 0 spiro atoms. The molecule has 0 aromatic rings. The fourth-order valence-electron chi connectivity index (χ4n) is 1.67. The van der Waals surface area contributed by atoms with E-state index >= 15 is 0 Å². The SMILES string of the molecule is C=C[C@H]1C=C(C)C[C@H]2O[C@@H]12. The third-order valence-corrected chi connectivity index (χ3v) is 2.27. The van der Waals surface area contributed by atoms with Crippen LogP contribution >= 0.6 is 0 Å². The van der Waals surface area contributed by atoms with Crippen molar-refractivity contribution in [1.82, 2.24) is 0 Å². The van der Waals surface area contributed by atoms with Crippen molar-refractivity contribution >= 4 is 0 Å². The van der Waals surface area contributed by atoms with Crippen LogP contribution in [0.5, 0.6) is 0 Å². The standard InChI is InChI=1S/C9H12O/c1-3-7-4-6(2)5-8-9(7)10-8/h3-4,7-9H,1,5H2,2H3/t7-,8+,9-/m0/s1. The zero-order valence-electron chi connectivity index (χ0n) is 6.21. The normalized spacial score (nSPS) is 43.7. The number of hydrogen-bond donors (Lipinski definition) is 0. The minimum Gasteiger partial charge on any atom is -0.368 e. The molecule has 54 valence electrons. The molecular weight excluding hydrogens is 124 g/mol. The lowest BCUT2D eigenvalue weighted by Gasteiger charge is -2.10. The molecule has 0 unspecified atom stereocenters.